The molecule has 0 fully saturated rings. The number of amides is 1. The average Bonchev–Trinajstić information content (AvgIpc) is 2.31. The van der Waals surface area contributed by atoms with E-state index in [2.05, 4.69) is 11.9 Å². The number of hydrogen-bond acceptors (Lipinski definition) is 3. The van der Waals surface area contributed by atoms with Crippen LogP contribution < -0.4 is 5.73 Å². The second-order valence-electron chi connectivity index (χ2n) is 3.46. The van der Waals surface area contributed by atoms with Crippen LogP contribution in [0.25, 0.3) is 0 Å². The maximum Gasteiger partial charge on any atom is 0.303 e. The van der Waals surface area contributed by atoms with Gasteiger partial charge in [-0.1, -0.05) is 19.8 Å². The molecule has 0 saturated heterocycles. The number of hydrogen-bond donors (Lipinski definition) is 2. The second-order valence-corrected chi connectivity index (χ2v) is 3.46. The van der Waals surface area contributed by atoms with Crippen LogP contribution >= 0.6 is 0 Å². The Kier molecular flexibility index (Phi) is 8.28. The molecule has 0 bridgehead atoms. The molecule has 0 unspecified atom stereocenters. The summed E-state index contributed by atoms with van der Waals surface area (Å²) in [6.45, 7) is 2.06. The molecule has 0 aliphatic carbocycles. The monoisotopic (exact) mass is 238 g/mol. The molecule has 17 heavy (non-hydrogen) atoms. The van der Waals surface area contributed by atoms with Crippen LogP contribution in [-0.2, 0) is 4.79 Å². The molecule has 5 nitrogen and oxygen atoms in total. The van der Waals surface area contributed by atoms with E-state index in [9.17, 15) is 9.59 Å². The molecule has 1 heterocycles. The van der Waals surface area contributed by atoms with Gasteiger partial charge in [-0.05, 0) is 18.6 Å². The number of aromatic nitrogens is 1. The predicted molar refractivity (Wildman–Crippen MR) is 64.5 cm³/mol. The average molecular weight is 238 g/mol. The third kappa shape index (κ3) is 9.04. The molecule has 0 spiro atoms. The van der Waals surface area contributed by atoms with Crippen LogP contribution in [0.1, 0.15) is 43.0 Å². The molecule has 1 amide bonds. The van der Waals surface area contributed by atoms with Gasteiger partial charge in [-0.3, -0.25) is 14.6 Å². The molecule has 0 saturated carbocycles. The Labute approximate surface area is 101 Å². The minimum absolute atomic E-state index is 0.327. The molecule has 0 radical (unpaired) electrons. The van der Waals surface area contributed by atoms with Crippen molar-refractivity contribution in [1.29, 1.82) is 0 Å². The van der Waals surface area contributed by atoms with Gasteiger partial charge in [0.15, 0.2) is 0 Å². The SMILES string of the molecule is CCCCCC(=O)O.NC(=O)c1cccnc1. The Balaban J connectivity index is 0.000000304. The van der Waals surface area contributed by atoms with E-state index in [1.807, 2.05) is 0 Å². The Bertz CT molecular complexity index is 339. The van der Waals surface area contributed by atoms with Crippen LogP contribution in [-0.4, -0.2) is 22.0 Å². The van der Waals surface area contributed by atoms with E-state index in [-0.39, 0.29) is 0 Å². The fraction of sp³-hybridized carbons (Fsp3) is 0.417. The molecule has 94 valence electrons. The largest absolute Gasteiger partial charge is 0.481 e. The molecule has 0 aromatic carbocycles. The van der Waals surface area contributed by atoms with Gasteiger partial charge in [0.1, 0.15) is 0 Å². The molecular weight excluding hydrogens is 220 g/mol. The molecule has 0 atom stereocenters. The summed E-state index contributed by atoms with van der Waals surface area (Å²) in [5.74, 6) is -1.12. The van der Waals surface area contributed by atoms with Crippen molar-refractivity contribution in [3.8, 4) is 0 Å². The number of unbranched alkanes of at least 4 members (excludes halogenated alkanes) is 2. The summed E-state index contributed by atoms with van der Waals surface area (Å²) in [7, 11) is 0. The summed E-state index contributed by atoms with van der Waals surface area (Å²) in [6.07, 6.45) is 6.30. The van der Waals surface area contributed by atoms with Crippen LogP contribution in [0.2, 0.25) is 0 Å². The number of carboxylic acids is 1. The number of nitrogens with two attached hydrogens (primary N) is 1. The third-order valence-corrected chi connectivity index (χ3v) is 1.94. The van der Waals surface area contributed by atoms with E-state index in [4.69, 9.17) is 10.8 Å². The lowest BCUT2D eigenvalue weighted by atomic mass is 10.2. The van der Waals surface area contributed by atoms with Crippen LogP contribution in [0, 0.1) is 0 Å². The summed E-state index contributed by atoms with van der Waals surface area (Å²) in [4.78, 5) is 24.0. The van der Waals surface area contributed by atoms with Gasteiger partial charge in [-0.25, -0.2) is 0 Å². The molecule has 1 aromatic heterocycles. The van der Waals surface area contributed by atoms with Gasteiger partial charge in [-0.15, -0.1) is 0 Å². The summed E-state index contributed by atoms with van der Waals surface area (Å²) in [5, 5.41) is 8.14. The fourth-order valence-corrected chi connectivity index (χ4v) is 1.03. The van der Waals surface area contributed by atoms with Gasteiger partial charge in [0.05, 0.1) is 5.56 Å². The molecule has 1 aromatic rings. The number of primary amides is 1. The molecule has 0 aliphatic rings. The van der Waals surface area contributed by atoms with Gasteiger partial charge in [0.2, 0.25) is 5.91 Å². The topological polar surface area (TPSA) is 93.3 Å². The number of carbonyl (C=O) groups excluding carboxylic acids is 1. The Morgan fingerprint density at radius 3 is 2.47 bits per heavy atom. The van der Waals surface area contributed by atoms with E-state index in [0.29, 0.717) is 12.0 Å². The number of carboxylic acid groups (broad SMARTS) is 1. The summed E-state index contributed by atoms with van der Waals surface area (Å²) in [5.41, 5.74) is 5.38. The van der Waals surface area contributed by atoms with Crippen LogP contribution in [0.3, 0.4) is 0 Å². The number of nitrogens with zero attached hydrogens (tertiary/aromatic N) is 1. The highest BCUT2D eigenvalue weighted by Crippen LogP contribution is 1.97. The minimum Gasteiger partial charge on any atom is -0.481 e. The zero-order valence-corrected chi connectivity index (χ0v) is 9.93. The van der Waals surface area contributed by atoms with E-state index in [1.165, 1.54) is 6.20 Å². The highest BCUT2D eigenvalue weighted by Gasteiger charge is 1.95. The quantitative estimate of drug-likeness (QED) is 0.765. The van der Waals surface area contributed by atoms with E-state index < -0.39 is 11.9 Å². The van der Waals surface area contributed by atoms with E-state index in [0.717, 1.165) is 19.3 Å². The zero-order chi connectivity index (χ0) is 13.1. The molecule has 3 N–H and O–H groups in total. The first-order valence-electron chi connectivity index (χ1n) is 5.49. The predicted octanol–water partition coefficient (Wildman–Crippen LogP) is 1.83. The Morgan fingerprint density at radius 2 is 2.12 bits per heavy atom. The normalized spacial score (nSPS) is 9.00. The number of carbonyl (C=O) groups is 2. The number of pyridine rings is 1. The molecular formula is C12H18N2O3. The number of rotatable bonds is 5. The molecule has 5 heteroatoms. The van der Waals surface area contributed by atoms with Crippen LogP contribution in [0.15, 0.2) is 24.5 Å². The lowest BCUT2D eigenvalue weighted by Gasteiger charge is -1.89. The maximum atomic E-state index is 10.4. The van der Waals surface area contributed by atoms with E-state index in [1.54, 1.807) is 18.3 Å². The molecule has 0 aliphatic heterocycles. The van der Waals surface area contributed by atoms with Crippen molar-refractivity contribution in [1.82, 2.24) is 4.98 Å². The minimum atomic E-state index is -0.682. The lowest BCUT2D eigenvalue weighted by molar-refractivity contribution is -0.137. The van der Waals surface area contributed by atoms with Crippen molar-refractivity contribution >= 4 is 11.9 Å². The van der Waals surface area contributed by atoms with Crippen LogP contribution in [0.4, 0.5) is 0 Å². The van der Waals surface area contributed by atoms with Crippen molar-refractivity contribution in [3.05, 3.63) is 30.1 Å². The first kappa shape index (κ1) is 15.1. The first-order chi connectivity index (χ1) is 8.07. The smallest absolute Gasteiger partial charge is 0.303 e. The van der Waals surface area contributed by atoms with Gasteiger partial charge < -0.3 is 10.8 Å². The standard InChI is InChI=1S/C6H6N2O.C6H12O2/c7-6(9)5-2-1-3-8-4-5;1-2-3-4-5-6(7)8/h1-4H,(H2,7,9);2-5H2,1H3,(H,7,8). The van der Waals surface area contributed by atoms with Gasteiger partial charge >= 0.3 is 5.97 Å². The fourth-order valence-electron chi connectivity index (χ4n) is 1.03. The van der Waals surface area contributed by atoms with Crippen molar-refractivity contribution in [2.45, 2.75) is 32.6 Å². The lowest BCUT2D eigenvalue weighted by Crippen LogP contribution is -2.10. The van der Waals surface area contributed by atoms with Crippen molar-refractivity contribution in [2.24, 2.45) is 5.73 Å². The van der Waals surface area contributed by atoms with Gasteiger partial charge in [-0.2, -0.15) is 0 Å². The first-order valence-corrected chi connectivity index (χ1v) is 5.49. The highest BCUT2D eigenvalue weighted by atomic mass is 16.4. The Morgan fingerprint density at radius 1 is 1.41 bits per heavy atom. The van der Waals surface area contributed by atoms with Crippen molar-refractivity contribution < 1.29 is 14.7 Å². The molecule has 1 rings (SSSR count). The summed E-state index contributed by atoms with van der Waals surface area (Å²) >= 11 is 0. The van der Waals surface area contributed by atoms with Crippen LogP contribution in [0.5, 0.6) is 0 Å². The third-order valence-electron chi connectivity index (χ3n) is 1.94. The summed E-state index contributed by atoms with van der Waals surface area (Å²) < 4.78 is 0. The second kappa shape index (κ2) is 9.33. The van der Waals surface area contributed by atoms with Crippen molar-refractivity contribution in [3.63, 3.8) is 0 Å². The highest BCUT2D eigenvalue weighted by molar-refractivity contribution is 5.92. The summed E-state index contributed by atoms with van der Waals surface area (Å²) in [6, 6.07) is 3.29. The maximum absolute atomic E-state index is 10.4. The zero-order valence-electron chi connectivity index (χ0n) is 9.93. The van der Waals surface area contributed by atoms with Crippen molar-refractivity contribution in [2.75, 3.05) is 0 Å². The number of aliphatic carboxylic acids is 1. The Hall–Kier alpha value is -1.91. The van der Waals surface area contributed by atoms with Gasteiger partial charge in [0.25, 0.3) is 0 Å². The van der Waals surface area contributed by atoms with E-state index >= 15 is 0 Å². The van der Waals surface area contributed by atoms with Gasteiger partial charge in [0, 0.05) is 18.8 Å².